The molecule has 1 saturated heterocycles. The molecule has 1 heterocycles. The maximum absolute atomic E-state index is 2.61. The first kappa shape index (κ1) is 12.6. The third-order valence-electron chi connectivity index (χ3n) is 6.01. The SMILES string of the molecule is C[PH]1(c2ccccc2)C2=CCCCC2[C@]12C=CC=CC2. The summed E-state index contributed by atoms with van der Waals surface area (Å²) in [6.45, 7) is 2.61. The summed E-state index contributed by atoms with van der Waals surface area (Å²) >= 11 is 0. The van der Waals surface area contributed by atoms with Crippen molar-refractivity contribution in [3.05, 3.63) is 66.0 Å². The van der Waals surface area contributed by atoms with E-state index in [-0.39, 0.29) is 0 Å². The van der Waals surface area contributed by atoms with Crippen LogP contribution in [0.3, 0.4) is 0 Å². The van der Waals surface area contributed by atoms with Gasteiger partial charge < -0.3 is 0 Å². The molecule has 3 aliphatic rings. The van der Waals surface area contributed by atoms with Crippen LogP contribution in [0.5, 0.6) is 0 Å². The molecule has 0 N–H and O–H groups in total. The van der Waals surface area contributed by atoms with Crippen molar-refractivity contribution >= 4 is 12.6 Å². The molecule has 1 spiro atoms. The first-order valence-electron chi connectivity index (χ1n) is 7.89. The monoisotopic (exact) mass is 282 g/mol. The third kappa shape index (κ3) is 1.41. The van der Waals surface area contributed by atoms with Crippen LogP contribution in [0.1, 0.15) is 25.7 Å². The van der Waals surface area contributed by atoms with Crippen LogP contribution in [0.2, 0.25) is 0 Å². The quantitative estimate of drug-likeness (QED) is 0.658. The number of fused-ring (bicyclic) bond motifs is 2. The van der Waals surface area contributed by atoms with E-state index in [2.05, 4.69) is 67.4 Å². The molecule has 20 heavy (non-hydrogen) atoms. The summed E-state index contributed by atoms with van der Waals surface area (Å²) in [4.78, 5) is 0. The molecule has 1 fully saturated rings. The second kappa shape index (κ2) is 4.43. The van der Waals surface area contributed by atoms with E-state index in [0.717, 1.165) is 5.92 Å². The van der Waals surface area contributed by atoms with E-state index >= 15 is 0 Å². The number of rotatable bonds is 1. The van der Waals surface area contributed by atoms with Gasteiger partial charge in [-0.2, -0.15) is 0 Å². The summed E-state index contributed by atoms with van der Waals surface area (Å²) in [7, 11) is -1.56. The Hall–Kier alpha value is -1.13. The van der Waals surface area contributed by atoms with E-state index < -0.39 is 7.26 Å². The topological polar surface area (TPSA) is 0 Å². The normalized spacial score (nSPS) is 35.0. The van der Waals surface area contributed by atoms with Crippen LogP contribution < -0.4 is 5.30 Å². The molecular formula is C19H23P. The fourth-order valence-electron chi connectivity index (χ4n) is 4.98. The Labute approximate surface area is 122 Å². The number of hydrogen-bond donors (Lipinski definition) is 0. The van der Waals surface area contributed by atoms with Crippen molar-refractivity contribution in [1.29, 1.82) is 0 Å². The van der Waals surface area contributed by atoms with Gasteiger partial charge >= 0.3 is 122 Å². The van der Waals surface area contributed by atoms with Crippen LogP contribution in [0, 0.1) is 5.92 Å². The predicted octanol–water partition coefficient (Wildman–Crippen LogP) is 4.64. The van der Waals surface area contributed by atoms with E-state index in [1.54, 1.807) is 5.30 Å². The predicted molar refractivity (Wildman–Crippen MR) is 91.4 cm³/mol. The van der Waals surface area contributed by atoms with E-state index in [0.29, 0.717) is 5.16 Å². The Morgan fingerprint density at radius 3 is 2.75 bits per heavy atom. The Morgan fingerprint density at radius 2 is 2.00 bits per heavy atom. The Balaban J connectivity index is 1.89. The van der Waals surface area contributed by atoms with Gasteiger partial charge in [0, 0.05) is 0 Å². The van der Waals surface area contributed by atoms with Crippen LogP contribution >= 0.6 is 7.26 Å². The van der Waals surface area contributed by atoms with Crippen molar-refractivity contribution in [2.75, 3.05) is 6.66 Å². The van der Waals surface area contributed by atoms with Crippen LogP contribution in [-0.4, -0.2) is 11.8 Å². The molecule has 1 aliphatic heterocycles. The van der Waals surface area contributed by atoms with Crippen molar-refractivity contribution in [2.24, 2.45) is 5.92 Å². The molecule has 1 aromatic rings. The minimum atomic E-state index is -1.56. The fourth-order valence-corrected chi connectivity index (χ4v) is 10.6. The van der Waals surface area contributed by atoms with Gasteiger partial charge in [0.1, 0.15) is 0 Å². The van der Waals surface area contributed by atoms with E-state index in [9.17, 15) is 0 Å². The van der Waals surface area contributed by atoms with Gasteiger partial charge in [0.05, 0.1) is 0 Å². The van der Waals surface area contributed by atoms with Gasteiger partial charge in [-0.25, -0.2) is 0 Å². The average molecular weight is 282 g/mol. The molecule has 0 radical (unpaired) electrons. The zero-order valence-electron chi connectivity index (χ0n) is 12.2. The Morgan fingerprint density at radius 1 is 1.15 bits per heavy atom. The van der Waals surface area contributed by atoms with Crippen molar-refractivity contribution in [3.63, 3.8) is 0 Å². The molecule has 4 rings (SSSR count). The average Bonchev–Trinajstić information content (AvgIpc) is 2.55. The Bertz CT molecular complexity index is 610. The van der Waals surface area contributed by atoms with Crippen LogP contribution in [0.4, 0.5) is 0 Å². The number of benzene rings is 1. The summed E-state index contributed by atoms with van der Waals surface area (Å²) in [6, 6.07) is 11.4. The van der Waals surface area contributed by atoms with Crippen molar-refractivity contribution in [3.8, 4) is 0 Å². The number of hydrogen-bond acceptors (Lipinski definition) is 0. The van der Waals surface area contributed by atoms with Crippen LogP contribution in [-0.2, 0) is 0 Å². The van der Waals surface area contributed by atoms with Crippen molar-refractivity contribution in [1.82, 2.24) is 0 Å². The van der Waals surface area contributed by atoms with Crippen LogP contribution in [0.15, 0.2) is 66.0 Å². The zero-order chi connectivity index (χ0) is 13.6. The van der Waals surface area contributed by atoms with E-state index in [1.807, 2.05) is 5.31 Å². The molecule has 0 aromatic heterocycles. The van der Waals surface area contributed by atoms with Gasteiger partial charge in [0.15, 0.2) is 0 Å². The molecule has 1 unspecified atom stereocenters. The maximum atomic E-state index is 2.61. The first-order valence-corrected chi connectivity index (χ1v) is 10.4. The molecule has 2 atom stereocenters. The standard InChI is InChI=1S/C19H23P/c1-20(16-10-4-2-5-11-16)18-13-7-6-12-17(18)19(20)14-8-3-9-15-19/h2-5,8-11,13-14,17,20H,6-7,12,15H2,1H3/t17?,19-/m1/s1. The molecule has 104 valence electrons. The second-order valence-electron chi connectivity index (χ2n) is 6.67. The molecule has 2 aliphatic carbocycles. The summed E-state index contributed by atoms with van der Waals surface area (Å²) in [6.07, 6.45) is 17.5. The summed E-state index contributed by atoms with van der Waals surface area (Å²) in [5, 5.41) is 3.93. The number of allylic oxidation sites excluding steroid dienone is 6. The van der Waals surface area contributed by atoms with Gasteiger partial charge in [0.2, 0.25) is 0 Å². The summed E-state index contributed by atoms with van der Waals surface area (Å²) < 4.78 is 0. The molecule has 1 aromatic carbocycles. The second-order valence-corrected chi connectivity index (χ2v) is 11.0. The molecule has 0 nitrogen and oxygen atoms in total. The molecule has 0 amide bonds. The summed E-state index contributed by atoms with van der Waals surface area (Å²) in [5.74, 6) is 0.828. The first-order chi connectivity index (χ1) is 9.79. The summed E-state index contributed by atoms with van der Waals surface area (Å²) in [5.41, 5.74) is 0. The van der Waals surface area contributed by atoms with Crippen LogP contribution in [0.25, 0.3) is 0 Å². The van der Waals surface area contributed by atoms with E-state index in [1.165, 1.54) is 25.7 Å². The minimum absolute atomic E-state index is 0.454. The van der Waals surface area contributed by atoms with Crippen molar-refractivity contribution < 1.29 is 0 Å². The zero-order valence-corrected chi connectivity index (χ0v) is 13.2. The molecule has 1 heteroatoms. The fraction of sp³-hybridized carbons (Fsp3) is 0.368. The third-order valence-corrected chi connectivity index (χ3v) is 11.8. The molecular weight excluding hydrogens is 259 g/mol. The molecule has 0 bridgehead atoms. The van der Waals surface area contributed by atoms with Crippen molar-refractivity contribution in [2.45, 2.75) is 30.8 Å². The van der Waals surface area contributed by atoms with E-state index in [4.69, 9.17) is 0 Å². The van der Waals surface area contributed by atoms with Gasteiger partial charge in [-0.05, 0) is 0 Å². The van der Waals surface area contributed by atoms with Gasteiger partial charge in [-0.3, -0.25) is 0 Å². The van der Waals surface area contributed by atoms with Gasteiger partial charge in [-0.1, -0.05) is 0 Å². The molecule has 0 saturated carbocycles. The van der Waals surface area contributed by atoms with Gasteiger partial charge in [0.25, 0.3) is 0 Å². The Kier molecular flexibility index (Phi) is 2.79. The van der Waals surface area contributed by atoms with Gasteiger partial charge in [-0.15, -0.1) is 0 Å².